The van der Waals surface area contributed by atoms with E-state index in [2.05, 4.69) is 32.8 Å². The maximum atomic E-state index is 14.6. The van der Waals surface area contributed by atoms with Crippen molar-refractivity contribution in [3.63, 3.8) is 0 Å². The number of likely N-dealkylation sites (tertiary alicyclic amines) is 1. The molecule has 0 spiro atoms. The first-order valence-electron chi connectivity index (χ1n) is 13.4. The van der Waals surface area contributed by atoms with E-state index in [1.54, 1.807) is 19.3 Å². The van der Waals surface area contributed by atoms with Crippen molar-refractivity contribution in [3.8, 4) is 0 Å². The van der Waals surface area contributed by atoms with E-state index in [9.17, 15) is 9.18 Å². The first-order chi connectivity index (χ1) is 18.5. The summed E-state index contributed by atoms with van der Waals surface area (Å²) < 4.78 is 22.0. The number of aromatic nitrogens is 2. The third kappa shape index (κ3) is 4.96. The molecule has 2 aromatic heterocycles. The molecule has 1 aromatic carbocycles. The minimum atomic E-state index is -0.553. The number of piperidine rings is 1. The van der Waals surface area contributed by atoms with Crippen LogP contribution in [0, 0.1) is 18.2 Å². The molecule has 0 atom stereocenters. The van der Waals surface area contributed by atoms with E-state index >= 15 is 0 Å². The lowest BCUT2D eigenvalue weighted by molar-refractivity contribution is -0.0712. The molecular formula is C29H33FN6O2. The van der Waals surface area contributed by atoms with Gasteiger partial charge in [-0.05, 0) is 86.5 Å². The number of hydrogen-bond donors (Lipinski definition) is 3. The smallest absolute Gasteiger partial charge is 0.254 e. The van der Waals surface area contributed by atoms with Crippen LogP contribution in [-0.4, -0.2) is 64.8 Å². The van der Waals surface area contributed by atoms with Crippen LogP contribution in [0.2, 0.25) is 0 Å². The molecule has 1 aliphatic carbocycles. The van der Waals surface area contributed by atoms with E-state index in [-0.39, 0.29) is 11.6 Å². The van der Waals surface area contributed by atoms with Crippen LogP contribution in [0.3, 0.4) is 0 Å². The van der Waals surface area contributed by atoms with E-state index in [0.29, 0.717) is 28.7 Å². The van der Waals surface area contributed by atoms with E-state index in [4.69, 9.17) is 10.1 Å². The molecule has 3 aliphatic rings. The summed E-state index contributed by atoms with van der Waals surface area (Å²) in [5.74, 6) is 0.311. The van der Waals surface area contributed by atoms with Gasteiger partial charge in [0.05, 0.1) is 31.0 Å². The molecule has 4 heterocycles. The van der Waals surface area contributed by atoms with Gasteiger partial charge in [0.25, 0.3) is 5.91 Å². The van der Waals surface area contributed by atoms with Crippen LogP contribution in [0.5, 0.6) is 0 Å². The highest BCUT2D eigenvalue weighted by atomic mass is 19.1. The summed E-state index contributed by atoms with van der Waals surface area (Å²) in [5, 5.41) is 14.1. The fourth-order valence-corrected chi connectivity index (χ4v) is 5.37. The summed E-state index contributed by atoms with van der Waals surface area (Å²) in [4.78, 5) is 19.6. The van der Waals surface area contributed by atoms with Crippen LogP contribution in [0.15, 0.2) is 42.9 Å². The number of fused-ring (bicyclic) bond motifs is 1. The van der Waals surface area contributed by atoms with E-state index < -0.39 is 11.7 Å². The lowest BCUT2D eigenvalue weighted by Gasteiger charge is -2.41. The average molecular weight is 517 g/mol. The number of aryl methyl sites for hydroxylation is 1. The summed E-state index contributed by atoms with van der Waals surface area (Å²) in [6.07, 6.45) is 10.9. The maximum Gasteiger partial charge on any atom is 0.254 e. The molecule has 0 unspecified atom stereocenters. The topological polar surface area (TPSA) is 94.8 Å². The van der Waals surface area contributed by atoms with Gasteiger partial charge in [-0.15, -0.1) is 0 Å². The van der Waals surface area contributed by atoms with Crippen LogP contribution in [0.25, 0.3) is 11.2 Å². The molecule has 8 nitrogen and oxygen atoms in total. The second-order valence-corrected chi connectivity index (χ2v) is 10.6. The number of pyridine rings is 1. The van der Waals surface area contributed by atoms with Gasteiger partial charge in [-0.1, -0.05) is 6.07 Å². The Morgan fingerprint density at radius 1 is 1.16 bits per heavy atom. The monoisotopic (exact) mass is 516 g/mol. The Kier molecular flexibility index (Phi) is 6.71. The molecule has 0 bridgehead atoms. The van der Waals surface area contributed by atoms with Gasteiger partial charge in [-0.25, -0.2) is 9.37 Å². The van der Waals surface area contributed by atoms with Crippen LogP contribution < -0.4 is 10.6 Å². The minimum absolute atomic E-state index is 0.000534. The predicted molar refractivity (Wildman–Crippen MR) is 145 cm³/mol. The molecule has 3 N–H and O–H groups in total. The zero-order chi connectivity index (χ0) is 26.2. The number of allylic oxidation sites excluding steroid dienone is 1. The van der Waals surface area contributed by atoms with Gasteiger partial charge in [0.15, 0.2) is 0 Å². The van der Waals surface area contributed by atoms with Crippen LogP contribution in [0.1, 0.15) is 58.6 Å². The van der Waals surface area contributed by atoms with Gasteiger partial charge in [-0.3, -0.25) is 14.1 Å². The Balaban J connectivity index is 1.21. The van der Waals surface area contributed by atoms with Crippen molar-refractivity contribution in [2.24, 2.45) is 0 Å². The number of anilines is 1. The zero-order valence-corrected chi connectivity index (χ0v) is 21.5. The van der Waals surface area contributed by atoms with Gasteiger partial charge in [0.1, 0.15) is 17.3 Å². The summed E-state index contributed by atoms with van der Waals surface area (Å²) in [7, 11) is 0. The molecule has 6 rings (SSSR count). The third-order valence-corrected chi connectivity index (χ3v) is 7.98. The Bertz CT molecular complexity index is 1400. The minimum Gasteiger partial charge on any atom is -0.378 e. The van der Waals surface area contributed by atoms with Gasteiger partial charge in [-0.2, -0.15) is 0 Å². The quantitative estimate of drug-likeness (QED) is 0.387. The fraction of sp³-hybridized carbons (Fsp3) is 0.414. The molecule has 198 valence electrons. The molecule has 38 heavy (non-hydrogen) atoms. The van der Waals surface area contributed by atoms with Crippen molar-refractivity contribution >= 4 is 29.2 Å². The molecule has 1 saturated carbocycles. The van der Waals surface area contributed by atoms with Crippen molar-refractivity contribution in [2.45, 2.75) is 50.6 Å². The number of benzene rings is 1. The maximum absolute atomic E-state index is 14.6. The van der Waals surface area contributed by atoms with Gasteiger partial charge in [0, 0.05) is 30.2 Å². The van der Waals surface area contributed by atoms with Crippen molar-refractivity contribution in [1.82, 2.24) is 19.6 Å². The van der Waals surface area contributed by atoms with E-state index in [1.807, 2.05) is 10.5 Å². The molecular weight excluding hydrogens is 483 g/mol. The first-order valence-corrected chi connectivity index (χ1v) is 13.4. The second-order valence-electron chi connectivity index (χ2n) is 10.6. The van der Waals surface area contributed by atoms with Crippen molar-refractivity contribution in [2.75, 3.05) is 31.6 Å². The zero-order valence-electron chi connectivity index (χ0n) is 21.5. The summed E-state index contributed by atoms with van der Waals surface area (Å²) in [5.41, 5.74) is 3.96. The SMILES string of the molecule is Cc1cc(F)c(C(=O)NC2CC2)cc1/C(C=N)=C/Nc1cnc2ccc(C3CCN(C4COC4)CC3)cn12. The largest absolute Gasteiger partial charge is 0.378 e. The Labute approximate surface area is 221 Å². The van der Waals surface area contributed by atoms with Crippen LogP contribution in [0.4, 0.5) is 10.2 Å². The normalized spacial score (nSPS) is 19.4. The summed E-state index contributed by atoms with van der Waals surface area (Å²) in [6, 6.07) is 7.84. The molecule has 2 saturated heterocycles. The van der Waals surface area contributed by atoms with Gasteiger partial charge >= 0.3 is 0 Å². The molecule has 9 heteroatoms. The number of carbonyl (C=O) groups is 1. The lowest BCUT2D eigenvalue weighted by Crippen LogP contribution is -2.51. The average Bonchev–Trinajstić information content (AvgIpc) is 3.61. The Hall–Kier alpha value is -3.56. The van der Waals surface area contributed by atoms with Gasteiger partial charge < -0.3 is 20.8 Å². The molecule has 1 amide bonds. The number of hydrogen-bond acceptors (Lipinski definition) is 6. The van der Waals surface area contributed by atoms with Crippen molar-refractivity contribution in [1.29, 1.82) is 5.41 Å². The lowest BCUT2D eigenvalue weighted by atomic mass is 9.89. The van der Waals surface area contributed by atoms with Gasteiger partial charge in [0.2, 0.25) is 0 Å². The Morgan fingerprint density at radius 3 is 2.63 bits per heavy atom. The van der Waals surface area contributed by atoms with Crippen LogP contribution in [-0.2, 0) is 4.74 Å². The highest BCUT2D eigenvalue weighted by Gasteiger charge is 2.30. The highest BCUT2D eigenvalue weighted by Crippen LogP contribution is 2.31. The summed E-state index contributed by atoms with van der Waals surface area (Å²) in [6.45, 7) is 5.68. The third-order valence-electron chi connectivity index (χ3n) is 7.98. The Morgan fingerprint density at radius 2 is 1.95 bits per heavy atom. The fourth-order valence-electron chi connectivity index (χ4n) is 5.37. The number of imidazole rings is 1. The number of carbonyl (C=O) groups excluding carboxylic acids is 1. The molecule has 2 aliphatic heterocycles. The second kappa shape index (κ2) is 10.3. The first kappa shape index (κ1) is 24.8. The van der Waals surface area contributed by atoms with Crippen LogP contribution >= 0.6 is 0 Å². The van der Waals surface area contributed by atoms with Crippen molar-refractivity contribution in [3.05, 3.63) is 70.9 Å². The number of halogens is 1. The van der Waals surface area contributed by atoms with Crippen molar-refractivity contribution < 1.29 is 13.9 Å². The number of nitrogens with zero attached hydrogens (tertiary/aromatic N) is 3. The highest BCUT2D eigenvalue weighted by molar-refractivity contribution is 6.10. The molecule has 0 radical (unpaired) electrons. The summed E-state index contributed by atoms with van der Waals surface area (Å²) >= 11 is 0. The number of nitrogens with one attached hydrogen (secondary N) is 3. The number of ether oxygens (including phenoxy) is 1. The standard InChI is InChI=1S/C29H33FN6O2/c1-18-10-26(30)25(29(37)34-22-3-4-22)11-24(18)21(12-31)13-32-28-14-33-27-5-2-20(15-36(27)28)19-6-8-35(9-7-19)23-16-38-17-23/h2,5,10-15,19,22-23,31-32H,3-4,6-9,16-17H2,1H3,(H,34,37)/b21-13+,31-12?. The molecule has 3 fully saturated rings. The predicted octanol–water partition coefficient (Wildman–Crippen LogP) is 4.35. The number of rotatable bonds is 8. The molecule has 3 aromatic rings. The number of amides is 1. The van der Waals surface area contributed by atoms with E-state index in [1.165, 1.54) is 23.9 Å². The van der Waals surface area contributed by atoms with E-state index in [0.717, 1.165) is 63.5 Å².